The summed E-state index contributed by atoms with van der Waals surface area (Å²) >= 11 is 1.32. The van der Waals surface area contributed by atoms with Gasteiger partial charge in [-0.3, -0.25) is 9.36 Å². The van der Waals surface area contributed by atoms with E-state index in [1.54, 1.807) is 17.6 Å². The maximum Gasteiger partial charge on any atom is 0.338 e. The third-order valence-electron chi connectivity index (χ3n) is 5.68. The van der Waals surface area contributed by atoms with E-state index in [0.29, 0.717) is 26.5 Å². The summed E-state index contributed by atoms with van der Waals surface area (Å²) in [5.41, 5.74) is 3.86. The molecule has 0 bridgehead atoms. The number of fused-ring (bicyclic) bond motifs is 1. The Hall–Kier alpha value is -3.51. The number of ether oxygens (including phenoxy) is 1. The summed E-state index contributed by atoms with van der Waals surface area (Å²) in [6.07, 6.45) is 5.61. The van der Waals surface area contributed by atoms with Gasteiger partial charge in [0.25, 0.3) is 5.56 Å². The summed E-state index contributed by atoms with van der Waals surface area (Å²) in [5, 5.41) is 0. The number of hydrogen-bond acceptors (Lipinski definition) is 5. The molecule has 2 aromatic carbocycles. The minimum Gasteiger partial charge on any atom is -0.466 e. The van der Waals surface area contributed by atoms with E-state index in [0.717, 1.165) is 11.1 Å². The van der Waals surface area contributed by atoms with E-state index in [1.165, 1.54) is 24.0 Å². The molecule has 33 heavy (non-hydrogen) atoms. The van der Waals surface area contributed by atoms with Crippen LogP contribution >= 0.6 is 11.3 Å². The molecule has 0 amide bonds. The third-order valence-corrected chi connectivity index (χ3v) is 6.68. The highest BCUT2D eigenvalue weighted by Gasteiger charge is 2.33. The van der Waals surface area contributed by atoms with E-state index >= 15 is 0 Å². The molecule has 0 saturated carbocycles. The number of hydrogen-bond donors (Lipinski definition) is 0. The molecule has 1 aromatic heterocycles. The van der Waals surface area contributed by atoms with Gasteiger partial charge in [-0.25, -0.2) is 9.79 Å². The molecular weight excluding hydrogens is 432 g/mol. The maximum absolute atomic E-state index is 13.5. The number of methoxy groups -OCH3 is 1. The van der Waals surface area contributed by atoms with Gasteiger partial charge in [0, 0.05) is 0 Å². The fourth-order valence-corrected chi connectivity index (χ4v) is 4.89. The first kappa shape index (κ1) is 22.7. The molecule has 3 aromatic rings. The lowest BCUT2D eigenvalue weighted by molar-refractivity contribution is -0.136. The molecule has 2 heterocycles. The standard InChI is InChI=1S/C27H26N2O3S/c1-17(2)20-13-15-21(16-14-20)24-23(26(31)32-4)18(3)28-27-29(24)25(30)22(33-27)12-8-11-19-9-6-5-7-10-19/h5-17,24H,1-4H3/b11-8-,22-12+. The van der Waals surface area contributed by atoms with Gasteiger partial charge in [-0.2, -0.15) is 0 Å². The number of esters is 1. The predicted molar refractivity (Wildman–Crippen MR) is 133 cm³/mol. The van der Waals surface area contributed by atoms with Crippen LogP contribution in [0, 0.1) is 0 Å². The monoisotopic (exact) mass is 458 g/mol. The second-order valence-electron chi connectivity index (χ2n) is 8.19. The molecule has 0 aliphatic carbocycles. The van der Waals surface area contributed by atoms with Crippen molar-refractivity contribution in [2.24, 2.45) is 4.99 Å². The van der Waals surface area contributed by atoms with Crippen LogP contribution in [0.15, 0.2) is 81.7 Å². The summed E-state index contributed by atoms with van der Waals surface area (Å²) in [4.78, 5) is 31.3. The van der Waals surface area contributed by atoms with Crippen LogP contribution in [0.25, 0.3) is 12.2 Å². The van der Waals surface area contributed by atoms with Crippen LogP contribution in [0.3, 0.4) is 0 Å². The Bertz CT molecular complexity index is 1410. The van der Waals surface area contributed by atoms with Gasteiger partial charge >= 0.3 is 5.97 Å². The average molecular weight is 459 g/mol. The van der Waals surface area contributed by atoms with Crippen molar-refractivity contribution in [1.82, 2.24) is 4.57 Å². The van der Waals surface area contributed by atoms with Crippen molar-refractivity contribution in [3.63, 3.8) is 0 Å². The van der Waals surface area contributed by atoms with Crippen LogP contribution in [0.1, 0.15) is 49.4 Å². The van der Waals surface area contributed by atoms with Crippen molar-refractivity contribution in [2.45, 2.75) is 32.7 Å². The van der Waals surface area contributed by atoms with E-state index in [4.69, 9.17) is 4.74 Å². The summed E-state index contributed by atoms with van der Waals surface area (Å²) < 4.78 is 7.23. The summed E-state index contributed by atoms with van der Waals surface area (Å²) in [6.45, 7) is 6.05. The number of aromatic nitrogens is 1. The number of thiazole rings is 1. The first-order valence-corrected chi connectivity index (χ1v) is 11.6. The highest BCUT2D eigenvalue weighted by Crippen LogP contribution is 2.31. The molecule has 0 fully saturated rings. The van der Waals surface area contributed by atoms with Crippen LogP contribution in [0.2, 0.25) is 0 Å². The van der Waals surface area contributed by atoms with Gasteiger partial charge in [-0.05, 0) is 35.6 Å². The Kier molecular flexibility index (Phi) is 6.56. The number of carbonyl (C=O) groups excluding carboxylic acids is 1. The Morgan fingerprint density at radius 3 is 2.45 bits per heavy atom. The number of allylic oxidation sites excluding steroid dienone is 2. The Balaban J connectivity index is 1.85. The van der Waals surface area contributed by atoms with Crippen LogP contribution in [0.5, 0.6) is 0 Å². The van der Waals surface area contributed by atoms with Crippen LogP contribution in [-0.2, 0) is 9.53 Å². The van der Waals surface area contributed by atoms with E-state index in [9.17, 15) is 9.59 Å². The van der Waals surface area contributed by atoms with Crippen molar-refractivity contribution in [1.29, 1.82) is 0 Å². The third kappa shape index (κ3) is 4.52. The SMILES string of the molecule is COC(=O)C1=C(C)N=c2s/c(=C/C=C\c3ccccc3)c(=O)n2C1c1ccc(C(C)C)cc1. The fourth-order valence-electron chi connectivity index (χ4n) is 3.90. The molecule has 168 valence electrons. The van der Waals surface area contributed by atoms with Gasteiger partial charge in [-0.15, -0.1) is 0 Å². The highest BCUT2D eigenvalue weighted by atomic mass is 32.1. The predicted octanol–water partition coefficient (Wildman–Crippen LogP) is 4.20. The largest absolute Gasteiger partial charge is 0.466 e. The topological polar surface area (TPSA) is 60.7 Å². The summed E-state index contributed by atoms with van der Waals surface area (Å²) in [6, 6.07) is 17.4. The molecule has 0 N–H and O–H groups in total. The first-order valence-electron chi connectivity index (χ1n) is 10.8. The second-order valence-corrected chi connectivity index (χ2v) is 9.20. The van der Waals surface area contributed by atoms with Gasteiger partial charge in [0.15, 0.2) is 4.80 Å². The summed E-state index contributed by atoms with van der Waals surface area (Å²) in [7, 11) is 1.35. The molecule has 0 radical (unpaired) electrons. The van der Waals surface area contributed by atoms with Gasteiger partial charge in [-0.1, -0.05) is 91.9 Å². The van der Waals surface area contributed by atoms with Crippen LogP contribution in [-0.4, -0.2) is 17.6 Å². The minimum atomic E-state index is -0.588. The Morgan fingerprint density at radius 1 is 1.12 bits per heavy atom. The van der Waals surface area contributed by atoms with Gasteiger partial charge in [0.05, 0.1) is 29.0 Å². The van der Waals surface area contributed by atoms with Crippen molar-refractivity contribution in [3.05, 3.63) is 108 Å². The fraction of sp³-hybridized carbons (Fsp3) is 0.222. The molecule has 4 rings (SSSR count). The molecule has 1 aliphatic rings. The summed E-state index contributed by atoms with van der Waals surface area (Å²) in [5.74, 6) is -0.0952. The lowest BCUT2D eigenvalue weighted by Gasteiger charge is -2.24. The average Bonchev–Trinajstić information content (AvgIpc) is 3.13. The molecule has 0 spiro atoms. The van der Waals surface area contributed by atoms with Crippen molar-refractivity contribution in [3.8, 4) is 0 Å². The lowest BCUT2D eigenvalue weighted by Crippen LogP contribution is -2.39. The van der Waals surface area contributed by atoms with Gasteiger partial charge in [0.1, 0.15) is 0 Å². The molecular formula is C27H26N2O3S. The van der Waals surface area contributed by atoms with Crippen molar-refractivity contribution >= 4 is 29.5 Å². The van der Waals surface area contributed by atoms with Crippen LogP contribution < -0.4 is 14.9 Å². The van der Waals surface area contributed by atoms with E-state index in [1.807, 2.05) is 66.7 Å². The van der Waals surface area contributed by atoms with Gasteiger partial charge < -0.3 is 4.74 Å². The quantitative estimate of drug-likeness (QED) is 0.539. The zero-order valence-electron chi connectivity index (χ0n) is 19.1. The second kappa shape index (κ2) is 9.55. The molecule has 0 saturated heterocycles. The number of benzene rings is 2. The Labute approximate surface area is 196 Å². The van der Waals surface area contributed by atoms with Crippen molar-refractivity contribution < 1.29 is 9.53 Å². The smallest absolute Gasteiger partial charge is 0.338 e. The molecule has 1 unspecified atom stereocenters. The molecule has 5 nitrogen and oxygen atoms in total. The lowest BCUT2D eigenvalue weighted by atomic mass is 9.93. The number of nitrogens with zero attached hydrogens (tertiary/aromatic N) is 2. The van der Waals surface area contributed by atoms with E-state index in [2.05, 4.69) is 18.8 Å². The van der Waals surface area contributed by atoms with Gasteiger partial charge in [0.2, 0.25) is 0 Å². The maximum atomic E-state index is 13.5. The minimum absolute atomic E-state index is 0.177. The first-order chi connectivity index (χ1) is 15.9. The molecule has 6 heteroatoms. The normalized spacial score (nSPS) is 16.3. The number of rotatable bonds is 5. The van der Waals surface area contributed by atoms with E-state index < -0.39 is 12.0 Å². The highest BCUT2D eigenvalue weighted by molar-refractivity contribution is 7.07. The zero-order valence-corrected chi connectivity index (χ0v) is 19.9. The molecule has 1 atom stereocenters. The molecule has 1 aliphatic heterocycles. The van der Waals surface area contributed by atoms with Crippen molar-refractivity contribution in [2.75, 3.05) is 7.11 Å². The van der Waals surface area contributed by atoms with Crippen LogP contribution in [0.4, 0.5) is 0 Å². The number of carbonyl (C=O) groups is 1. The Morgan fingerprint density at radius 2 is 1.82 bits per heavy atom. The van der Waals surface area contributed by atoms with E-state index in [-0.39, 0.29) is 5.56 Å². The zero-order chi connectivity index (χ0) is 23.5.